The van der Waals surface area contributed by atoms with Crippen molar-refractivity contribution in [2.45, 2.75) is 35.7 Å². The van der Waals surface area contributed by atoms with Gasteiger partial charge in [-0.15, -0.1) is 11.3 Å². The summed E-state index contributed by atoms with van der Waals surface area (Å²) in [7, 11) is -4.22. The van der Waals surface area contributed by atoms with Gasteiger partial charge in [-0.3, -0.25) is 0 Å². The van der Waals surface area contributed by atoms with Gasteiger partial charge in [0.1, 0.15) is 16.9 Å². The standard InChI is InChI=1S/C25H25N5O4S2/c1-2-19(24(31)32)29-21-7-5-6-20(30-21)25(26,36(33,34)22-8-3-4-13-27-22)16-17-9-11-18(12-10-17)23-28-14-15-35-23/h3-15,19H,2,16,26H2,1H3,(H,29,30)(H,31,32). The number of rotatable bonds is 10. The van der Waals surface area contributed by atoms with Gasteiger partial charge in [0.25, 0.3) is 0 Å². The van der Waals surface area contributed by atoms with Crippen molar-refractivity contribution in [1.82, 2.24) is 15.0 Å². The molecule has 9 nitrogen and oxygen atoms in total. The number of benzene rings is 1. The van der Waals surface area contributed by atoms with E-state index >= 15 is 0 Å². The summed E-state index contributed by atoms with van der Waals surface area (Å²) < 4.78 is 27.7. The number of aromatic nitrogens is 3. The van der Waals surface area contributed by atoms with E-state index in [-0.39, 0.29) is 23.0 Å². The minimum Gasteiger partial charge on any atom is -0.480 e. The topological polar surface area (TPSA) is 148 Å². The number of aliphatic carboxylic acids is 1. The number of carboxylic acids is 1. The number of nitrogens with one attached hydrogen (secondary N) is 1. The molecular formula is C25H25N5O4S2. The van der Waals surface area contributed by atoms with Gasteiger partial charge in [-0.05, 0) is 36.2 Å². The first-order chi connectivity index (χ1) is 17.2. The van der Waals surface area contributed by atoms with Crippen LogP contribution in [0.4, 0.5) is 5.82 Å². The van der Waals surface area contributed by atoms with Crippen molar-refractivity contribution in [3.8, 4) is 10.6 Å². The molecule has 0 aliphatic heterocycles. The quantitative estimate of drug-likeness (QED) is 0.283. The van der Waals surface area contributed by atoms with Crippen LogP contribution >= 0.6 is 11.3 Å². The van der Waals surface area contributed by atoms with E-state index in [1.54, 1.807) is 37.4 Å². The van der Waals surface area contributed by atoms with Crippen molar-refractivity contribution in [2.24, 2.45) is 5.73 Å². The Kier molecular flexibility index (Phi) is 7.43. The summed E-state index contributed by atoms with van der Waals surface area (Å²) in [4.78, 5) is 22.3. The summed E-state index contributed by atoms with van der Waals surface area (Å²) >= 11 is 1.50. The average Bonchev–Trinajstić information content (AvgIpc) is 3.43. The third kappa shape index (κ3) is 5.13. The van der Waals surface area contributed by atoms with Crippen molar-refractivity contribution in [1.29, 1.82) is 0 Å². The van der Waals surface area contributed by atoms with Crippen molar-refractivity contribution in [2.75, 3.05) is 5.32 Å². The second kappa shape index (κ2) is 10.5. The Hall–Kier alpha value is -3.67. The largest absolute Gasteiger partial charge is 0.480 e. The number of carboxylic acid groups (broad SMARTS) is 1. The number of nitrogens with two attached hydrogens (primary N) is 1. The summed E-state index contributed by atoms with van der Waals surface area (Å²) in [6.07, 6.45) is 3.34. The molecule has 4 rings (SSSR count). The zero-order valence-electron chi connectivity index (χ0n) is 19.4. The molecule has 0 aliphatic rings. The Morgan fingerprint density at radius 3 is 2.47 bits per heavy atom. The van der Waals surface area contributed by atoms with Crippen molar-refractivity contribution >= 4 is 33.0 Å². The number of hydrogen-bond acceptors (Lipinski definition) is 9. The van der Waals surface area contributed by atoms with Gasteiger partial charge < -0.3 is 16.2 Å². The van der Waals surface area contributed by atoms with E-state index in [1.807, 2.05) is 29.6 Å². The SMILES string of the molecule is CCC(Nc1cccc(C(N)(Cc2ccc(-c3nccs3)cc2)S(=O)(=O)c2ccccn2)n1)C(=O)O. The fraction of sp³-hybridized carbons (Fsp3) is 0.200. The van der Waals surface area contributed by atoms with Crippen LogP contribution in [0.25, 0.3) is 10.6 Å². The molecule has 0 radical (unpaired) electrons. The molecule has 0 bridgehead atoms. The Morgan fingerprint density at radius 2 is 1.86 bits per heavy atom. The molecule has 0 aliphatic carbocycles. The minimum atomic E-state index is -4.22. The molecule has 186 valence electrons. The smallest absolute Gasteiger partial charge is 0.326 e. The number of hydrogen-bond donors (Lipinski definition) is 3. The highest BCUT2D eigenvalue weighted by molar-refractivity contribution is 7.92. The van der Waals surface area contributed by atoms with Gasteiger partial charge in [-0.1, -0.05) is 43.3 Å². The fourth-order valence-electron chi connectivity index (χ4n) is 3.72. The van der Waals surface area contributed by atoms with Crippen LogP contribution < -0.4 is 11.1 Å². The monoisotopic (exact) mass is 523 g/mol. The van der Waals surface area contributed by atoms with Crippen LogP contribution in [-0.4, -0.2) is 40.5 Å². The molecule has 4 N–H and O–H groups in total. The molecule has 4 aromatic rings. The maximum absolute atomic E-state index is 13.9. The van der Waals surface area contributed by atoms with E-state index < -0.39 is 26.7 Å². The van der Waals surface area contributed by atoms with Crippen LogP contribution in [0.2, 0.25) is 0 Å². The van der Waals surface area contributed by atoms with Gasteiger partial charge >= 0.3 is 5.97 Å². The lowest BCUT2D eigenvalue weighted by Gasteiger charge is -2.29. The zero-order valence-corrected chi connectivity index (χ0v) is 21.0. The molecule has 2 atom stereocenters. The van der Waals surface area contributed by atoms with E-state index in [2.05, 4.69) is 20.3 Å². The number of sulfone groups is 1. The molecule has 1 aromatic carbocycles. The summed E-state index contributed by atoms with van der Waals surface area (Å²) in [5.41, 5.74) is 8.40. The maximum atomic E-state index is 13.9. The van der Waals surface area contributed by atoms with E-state index in [4.69, 9.17) is 5.73 Å². The van der Waals surface area contributed by atoms with Gasteiger partial charge in [0.2, 0.25) is 9.84 Å². The van der Waals surface area contributed by atoms with Crippen LogP contribution in [0.5, 0.6) is 0 Å². The first-order valence-electron chi connectivity index (χ1n) is 11.1. The minimum absolute atomic E-state index is 0.0717. The molecular weight excluding hydrogens is 498 g/mol. The highest BCUT2D eigenvalue weighted by Crippen LogP contribution is 2.34. The van der Waals surface area contributed by atoms with Crippen LogP contribution in [0.15, 0.2) is 83.5 Å². The van der Waals surface area contributed by atoms with Crippen molar-refractivity contribution in [3.63, 3.8) is 0 Å². The van der Waals surface area contributed by atoms with Crippen LogP contribution in [0.3, 0.4) is 0 Å². The average molecular weight is 524 g/mol. The van der Waals surface area contributed by atoms with Gasteiger partial charge in [-0.2, -0.15) is 0 Å². The summed E-state index contributed by atoms with van der Waals surface area (Å²) in [5, 5.41) is 14.8. The lowest BCUT2D eigenvalue weighted by Crippen LogP contribution is -2.48. The molecule has 0 saturated heterocycles. The first kappa shape index (κ1) is 25.4. The maximum Gasteiger partial charge on any atom is 0.326 e. The number of thiazole rings is 1. The molecule has 3 heterocycles. The van der Waals surface area contributed by atoms with Gasteiger partial charge in [0.15, 0.2) is 9.90 Å². The van der Waals surface area contributed by atoms with Gasteiger partial charge in [-0.25, -0.2) is 28.2 Å². The third-order valence-electron chi connectivity index (χ3n) is 5.70. The van der Waals surface area contributed by atoms with Crippen molar-refractivity contribution < 1.29 is 18.3 Å². The molecule has 2 unspecified atom stereocenters. The zero-order chi connectivity index (χ0) is 25.8. The van der Waals surface area contributed by atoms with Crippen LogP contribution in [0.1, 0.15) is 24.6 Å². The summed E-state index contributed by atoms with van der Waals surface area (Å²) in [6.45, 7) is 1.73. The normalized spacial score (nSPS) is 14.1. The summed E-state index contributed by atoms with van der Waals surface area (Å²) in [6, 6.07) is 15.8. The highest BCUT2D eigenvalue weighted by Gasteiger charge is 2.45. The lowest BCUT2D eigenvalue weighted by atomic mass is 10.0. The Balaban J connectivity index is 1.77. The molecule has 0 saturated carbocycles. The van der Waals surface area contributed by atoms with E-state index in [9.17, 15) is 18.3 Å². The first-order valence-corrected chi connectivity index (χ1v) is 13.5. The molecule has 0 fully saturated rings. The molecule has 0 amide bonds. The van der Waals surface area contributed by atoms with E-state index in [1.165, 1.54) is 29.7 Å². The van der Waals surface area contributed by atoms with Gasteiger partial charge in [0.05, 0.1) is 5.69 Å². The second-order valence-electron chi connectivity index (χ2n) is 8.12. The Morgan fingerprint density at radius 1 is 1.08 bits per heavy atom. The predicted molar refractivity (Wildman–Crippen MR) is 138 cm³/mol. The fourth-order valence-corrected chi connectivity index (χ4v) is 5.94. The molecule has 3 aromatic heterocycles. The molecule has 36 heavy (non-hydrogen) atoms. The second-order valence-corrected chi connectivity index (χ2v) is 11.2. The number of carbonyl (C=O) groups is 1. The predicted octanol–water partition coefficient (Wildman–Crippen LogP) is 3.70. The number of anilines is 1. The molecule has 11 heteroatoms. The lowest BCUT2D eigenvalue weighted by molar-refractivity contribution is -0.137. The third-order valence-corrected chi connectivity index (χ3v) is 8.63. The van der Waals surface area contributed by atoms with Crippen LogP contribution in [-0.2, 0) is 25.9 Å². The van der Waals surface area contributed by atoms with Gasteiger partial charge in [0, 0.05) is 29.8 Å². The molecule has 0 spiro atoms. The van der Waals surface area contributed by atoms with E-state index in [0.29, 0.717) is 12.0 Å². The van der Waals surface area contributed by atoms with Crippen molar-refractivity contribution in [3.05, 3.63) is 89.7 Å². The van der Waals surface area contributed by atoms with Crippen LogP contribution in [0, 0.1) is 0 Å². The number of nitrogens with zero attached hydrogens (tertiary/aromatic N) is 3. The summed E-state index contributed by atoms with van der Waals surface area (Å²) in [5.74, 6) is -0.822. The Bertz CT molecular complexity index is 1430. The number of pyridine rings is 2. The highest BCUT2D eigenvalue weighted by atomic mass is 32.2. The van der Waals surface area contributed by atoms with E-state index in [0.717, 1.165) is 10.6 Å². The Labute approximate surface area is 213 Å².